The molecule has 0 radical (unpaired) electrons. The molecule has 0 spiro atoms. The zero-order chi connectivity index (χ0) is 16.5. The molecule has 120 valence electrons. The number of rotatable bonds is 8. The van der Waals surface area contributed by atoms with Gasteiger partial charge in [-0.1, -0.05) is 18.2 Å². The molecule has 2 rings (SSSR count). The number of methoxy groups -OCH3 is 2. The van der Waals surface area contributed by atoms with Gasteiger partial charge in [0.25, 0.3) is 0 Å². The molecule has 0 aliphatic heterocycles. The second-order valence-electron chi connectivity index (χ2n) is 4.84. The highest BCUT2D eigenvalue weighted by molar-refractivity contribution is 6.06. The van der Waals surface area contributed by atoms with E-state index < -0.39 is 0 Å². The number of benzene rings is 2. The Morgan fingerprint density at radius 3 is 2.48 bits per heavy atom. The molecule has 0 N–H and O–H groups in total. The Labute approximate surface area is 136 Å². The van der Waals surface area contributed by atoms with Crippen LogP contribution in [0.2, 0.25) is 0 Å². The molecule has 0 unspecified atom stereocenters. The molecule has 2 aromatic carbocycles. The number of hydrogen-bond donors (Lipinski definition) is 0. The van der Waals surface area contributed by atoms with Crippen LogP contribution in [-0.4, -0.2) is 33.2 Å². The summed E-state index contributed by atoms with van der Waals surface area (Å²) in [7, 11) is 3.23. The molecule has 0 aliphatic rings. The lowest BCUT2D eigenvalue weighted by atomic mass is 10.1. The molecule has 23 heavy (non-hydrogen) atoms. The number of carbonyl (C=O) groups is 1. The second-order valence-corrected chi connectivity index (χ2v) is 4.84. The number of allylic oxidation sites excluding steroid dienone is 1. The van der Waals surface area contributed by atoms with Crippen molar-refractivity contribution in [2.24, 2.45) is 0 Å². The third kappa shape index (κ3) is 5.27. The predicted octanol–water partition coefficient (Wildman–Crippen LogP) is 3.62. The zero-order valence-corrected chi connectivity index (χ0v) is 13.3. The van der Waals surface area contributed by atoms with Gasteiger partial charge in [-0.25, -0.2) is 0 Å². The molecule has 2 aromatic rings. The van der Waals surface area contributed by atoms with Crippen molar-refractivity contribution in [3.8, 4) is 11.5 Å². The van der Waals surface area contributed by atoms with Crippen LogP contribution in [0.4, 0.5) is 0 Å². The van der Waals surface area contributed by atoms with Crippen LogP contribution in [0.3, 0.4) is 0 Å². The number of ketones is 1. The highest BCUT2D eigenvalue weighted by Crippen LogP contribution is 2.16. The van der Waals surface area contributed by atoms with Crippen molar-refractivity contribution in [1.82, 2.24) is 0 Å². The Kier molecular flexibility index (Phi) is 6.39. The Morgan fingerprint density at radius 1 is 1.00 bits per heavy atom. The average molecular weight is 312 g/mol. The lowest BCUT2D eigenvalue weighted by Gasteiger charge is -2.05. The van der Waals surface area contributed by atoms with Gasteiger partial charge in [0.1, 0.15) is 18.1 Å². The van der Waals surface area contributed by atoms with Gasteiger partial charge in [-0.2, -0.15) is 0 Å². The minimum Gasteiger partial charge on any atom is -0.497 e. The Bertz CT molecular complexity index is 659. The Morgan fingerprint density at radius 2 is 1.78 bits per heavy atom. The van der Waals surface area contributed by atoms with Gasteiger partial charge in [-0.15, -0.1) is 0 Å². The van der Waals surface area contributed by atoms with Crippen molar-refractivity contribution in [3.63, 3.8) is 0 Å². The van der Waals surface area contributed by atoms with Crippen LogP contribution >= 0.6 is 0 Å². The lowest BCUT2D eigenvalue weighted by molar-refractivity contribution is 0.104. The fourth-order valence-corrected chi connectivity index (χ4v) is 1.97. The molecular formula is C19H20O4. The van der Waals surface area contributed by atoms with Gasteiger partial charge in [0, 0.05) is 12.7 Å². The van der Waals surface area contributed by atoms with Crippen molar-refractivity contribution < 1.29 is 19.0 Å². The largest absolute Gasteiger partial charge is 0.497 e. The van der Waals surface area contributed by atoms with Gasteiger partial charge in [-0.05, 0) is 48.0 Å². The molecule has 0 bridgehead atoms. The first-order valence-corrected chi connectivity index (χ1v) is 7.31. The highest BCUT2D eigenvalue weighted by atomic mass is 16.5. The molecule has 4 nitrogen and oxygen atoms in total. The van der Waals surface area contributed by atoms with E-state index in [9.17, 15) is 4.79 Å². The van der Waals surface area contributed by atoms with Crippen LogP contribution < -0.4 is 9.47 Å². The van der Waals surface area contributed by atoms with E-state index in [0.29, 0.717) is 18.8 Å². The summed E-state index contributed by atoms with van der Waals surface area (Å²) in [5.41, 5.74) is 1.52. The minimum absolute atomic E-state index is 0.0571. The average Bonchev–Trinajstić information content (AvgIpc) is 2.60. The van der Waals surface area contributed by atoms with E-state index in [1.165, 1.54) is 0 Å². The molecular weight excluding hydrogens is 292 g/mol. The molecule has 0 fully saturated rings. The quantitative estimate of drug-likeness (QED) is 0.424. The molecule has 0 amide bonds. The molecule has 0 saturated heterocycles. The summed E-state index contributed by atoms with van der Waals surface area (Å²) in [6.07, 6.45) is 3.33. The van der Waals surface area contributed by atoms with E-state index in [2.05, 4.69) is 0 Å². The molecule has 0 atom stereocenters. The van der Waals surface area contributed by atoms with Crippen molar-refractivity contribution in [2.45, 2.75) is 0 Å². The topological polar surface area (TPSA) is 44.8 Å². The van der Waals surface area contributed by atoms with E-state index in [0.717, 1.165) is 17.1 Å². The maximum absolute atomic E-state index is 12.1. The van der Waals surface area contributed by atoms with Crippen LogP contribution in [-0.2, 0) is 4.74 Å². The second kappa shape index (κ2) is 8.76. The summed E-state index contributed by atoms with van der Waals surface area (Å²) in [5, 5.41) is 0. The summed E-state index contributed by atoms with van der Waals surface area (Å²) in [5.74, 6) is 1.42. The molecule has 0 heterocycles. The summed E-state index contributed by atoms with van der Waals surface area (Å²) >= 11 is 0. The third-order valence-electron chi connectivity index (χ3n) is 3.22. The first-order chi connectivity index (χ1) is 11.2. The summed E-state index contributed by atoms with van der Waals surface area (Å²) < 4.78 is 15.6. The van der Waals surface area contributed by atoms with E-state index in [1.807, 2.05) is 24.3 Å². The lowest BCUT2D eigenvalue weighted by Crippen LogP contribution is -2.04. The van der Waals surface area contributed by atoms with Crippen LogP contribution in [0.25, 0.3) is 6.08 Å². The van der Waals surface area contributed by atoms with E-state index in [-0.39, 0.29) is 5.78 Å². The normalized spacial score (nSPS) is 10.7. The van der Waals surface area contributed by atoms with Crippen LogP contribution in [0, 0.1) is 0 Å². The summed E-state index contributed by atoms with van der Waals surface area (Å²) in [6.45, 7) is 1.03. The maximum Gasteiger partial charge on any atom is 0.185 e. The van der Waals surface area contributed by atoms with E-state index in [4.69, 9.17) is 14.2 Å². The van der Waals surface area contributed by atoms with E-state index in [1.54, 1.807) is 50.6 Å². The highest BCUT2D eigenvalue weighted by Gasteiger charge is 2.02. The van der Waals surface area contributed by atoms with Crippen LogP contribution in [0.15, 0.2) is 54.6 Å². The first kappa shape index (κ1) is 16.8. The number of carbonyl (C=O) groups excluding carboxylic acids is 1. The molecule has 0 aromatic heterocycles. The molecule has 0 saturated carbocycles. The summed E-state index contributed by atoms with van der Waals surface area (Å²) in [4.78, 5) is 12.1. The van der Waals surface area contributed by atoms with Gasteiger partial charge in [-0.3, -0.25) is 4.79 Å². The standard InChI is InChI=1S/C19H20O4/c1-21-12-13-23-18-5-3-4-15(14-18)6-11-19(20)16-7-9-17(22-2)10-8-16/h3-11,14H,12-13H2,1-2H3/b11-6+. The maximum atomic E-state index is 12.1. The monoisotopic (exact) mass is 312 g/mol. The van der Waals surface area contributed by atoms with Gasteiger partial charge >= 0.3 is 0 Å². The van der Waals surface area contributed by atoms with Crippen LogP contribution in [0.1, 0.15) is 15.9 Å². The van der Waals surface area contributed by atoms with E-state index >= 15 is 0 Å². The van der Waals surface area contributed by atoms with Crippen molar-refractivity contribution in [2.75, 3.05) is 27.4 Å². The fourth-order valence-electron chi connectivity index (χ4n) is 1.97. The fraction of sp³-hybridized carbons (Fsp3) is 0.211. The SMILES string of the molecule is COCCOc1cccc(/C=C/C(=O)c2ccc(OC)cc2)c1. The summed E-state index contributed by atoms with van der Waals surface area (Å²) in [6, 6.07) is 14.6. The van der Waals surface area contributed by atoms with Gasteiger partial charge in [0.05, 0.1) is 13.7 Å². The predicted molar refractivity (Wildman–Crippen MR) is 90.2 cm³/mol. The van der Waals surface area contributed by atoms with Gasteiger partial charge in [0.2, 0.25) is 0 Å². The minimum atomic E-state index is -0.0571. The van der Waals surface area contributed by atoms with Crippen LogP contribution in [0.5, 0.6) is 11.5 Å². The van der Waals surface area contributed by atoms with Gasteiger partial charge in [0.15, 0.2) is 5.78 Å². The Balaban J connectivity index is 2.00. The third-order valence-corrected chi connectivity index (χ3v) is 3.22. The van der Waals surface area contributed by atoms with Crippen molar-refractivity contribution >= 4 is 11.9 Å². The van der Waals surface area contributed by atoms with Gasteiger partial charge < -0.3 is 14.2 Å². The zero-order valence-electron chi connectivity index (χ0n) is 13.3. The number of hydrogen-bond acceptors (Lipinski definition) is 4. The smallest absolute Gasteiger partial charge is 0.185 e. The first-order valence-electron chi connectivity index (χ1n) is 7.31. The van der Waals surface area contributed by atoms with Crippen molar-refractivity contribution in [1.29, 1.82) is 0 Å². The number of ether oxygens (including phenoxy) is 3. The Hall–Kier alpha value is -2.59. The molecule has 4 heteroatoms. The molecule has 0 aliphatic carbocycles. The van der Waals surface area contributed by atoms with Crippen molar-refractivity contribution in [3.05, 3.63) is 65.7 Å².